The first-order valence-electron chi connectivity index (χ1n) is 10.9. The molecule has 0 spiro atoms. The molecule has 1 aliphatic carbocycles. The average Bonchev–Trinajstić information content (AvgIpc) is 3.50. The van der Waals surface area contributed by atoms with Crippen LogP contribution in [0.4, 0.5) is 19.0 Å². The van der Waals surface area contributed by atoms with Crippen molar-refractivity contribution in [2.24, 2.45) is 0 Å². The number of fused-ring (bicyclic) bond motifs is 2. The predicted molar refractivity (Wildman–Crippen MR) is 111 cm³/mol. The second kappa shape index (κ2) is 8.10. The van der Waals surface area contributed by atoms with Crippen molar-refractivity contribution < 1.29 is 18.0 Å². The zero-order valence-electron chi connectivity index (χ0n) is 17.5. The molecule has 5 rings (SSSR count). The Kier molecular flexibility index (Phi) is 5.26. The molecule has 3 aromatic rings. The highest BCUT2D eigenvalue weighted by molar-refractivity contribution is 5.94. The normalized spacial score (nSPS) is 17.2. The van der Waals surface area contributed by atoms with Gasteiger partial charge in [0.25, 0.3) is 5.91 Å². The number of H-pyrrole nitrogens is 1. The van der Waals surface area contributed by atoms with Crippen LogP contribution in [0.15, 0.2) is 18.6 Å². The summed E-state index contributed by atoms with van der Waals surface area (Å²) in [5, 5.41) is 7.92. The zero-order valence-corrected chi connectivity index (χ0v) is 17.5. The number of carbonyl (C=O) groups is 1. The molecule has 0 aromatic carbocycles. The topological polar surface area (TPSA) is 91.7 Å². The van der Waals surface area contributed by atoms with Gasteiger partial charge in [0, 0.05) is 43.5 Å². The van der Waals surface area contributed by atoms with E-state index in [1.165, 1.54) is 6.33 Å². The van der Waals surface area contributed by atoms with Crippen molar-refractivity contribution in [1.82, 2.24) is 30.0 Å². The highest BCUT2D eigenvalue weighted by atomic mass is 19.4. The van der Waals surface area contributed by atoms with Crippen LogP contribution in [0, 0.1) is 0 Å². The number of hydrogen-bond acceptors (Lipinski definition) is 5. The second-order valence-electron chi connectivity index (χ2n) is 8.39. The Morgan fingerprint density at radius 1 is 1.25 bits per heavy atom. The second-order valence-corrected chi connectivity index (χ2v) is 8.39. The van der Waals surface area contributed by atoms with E-state index < -0.39 is 25.0 Å². The summed E-state index contributed by atoms with van der Waals surface area (Å²) in [6.45, 7) is 0.659. The van der Waals surface area contributed by atoms with Gasteiger partial charge in [0.15, 0.2) is 5.69 Å². The fourth-order valence-corrected chi connectivity index (χ4v) is 4.77. The molecule has 1 amide bonds. The maximum absolute atomic E-state index is 12.8. The SMILES string of the molecule is O=C(NCCC(F)(F)F)c1nn(C2CCCC2)c2c1CN(c1ncnc3[nH]ccc13)CC2. The highest BCUT2D eigenvalue weighted by Gasteiger charge is 2.33. The fourth-order valence-electron chi connectivity index (χ4n) is 4.77. The van der Waals surface area contributed by atoms with Crippen molar-refractivity contribution in [3.63, 3.8) is 0 Å². The van der Waals surface area contributed by atoms with E-state index in [0.717, 1.165) is 53.8 Å². The molecule has 2 N–H and O–H groups in total. The number of rotatable bonds is 5. The van der Waals surface area contributed by atoms with Crippen LogP contribution in [-0.2, 0) is 13.0 Å². The van der Waals surface area contributed by atoms with Gasteiger partial charge in [-0.1, -0.05) is 12.8 Å². The quantitative estimate of drug-likeness (QED) is 0.625. The Balaban J connectivity index is 1.46. The molecule has 32 heavy (non-hydrogen) atoms. The molecule has 8 nitrogen and oxygen atoms in total. The minimum absolute atomic E-state index is 0.221. The number of anilines is 1. The summed E-state index contributed by atoms with van der Waals surface area (Å²) in [5.41, 5.74) is 2.73. The van der Waals surface area contributed by atoms with Crippen LogP contribution in [0.5, 0.6) is 0 Å². The third kappa shape index (κ3) is 3.91. The molecular formula is C21H24F3N7O. The number of nitrogens with one attached hydrogen (secondary N) is 2. The molecule has 2 aliphatic rings. The van der Waals surface area contributed by atoms with Crippen LogP contribution in [0.1, 0.15) is 59.9 Å². The smallest absolute Gasteiger partial charge is 0.351 e. The van der Waals surface area contributed by atoms with E-state index in [0.29, 0.717) is 19.5 Å². The van der Waals surface area contributed by atoms with Gasteiger partial charge in [-0.2, -0.15) is 18.3 Å². The first kappa shape index (κ1) is 20.8. The molecule has 0 unspecified atom stereocenters. The minimum Gasteiger partial charge on any atom is -0.351 e. The van der Waals surface area contributed by atoms with Crippen molar-refractivity contribution in [1.29, 1.82) is 0 Å². The monoisotopic (exact) mass is 447 g/mol. The Hall–Kier alpha value is -3.11. The van der Waals surface area contributed by atoms with Crippen molar-refractivity contribution in [2.45, 2.75) is 57.3 Å². The van der Waals surface area contributed by atoms with E-state index in [1.54, 1.807) is 6.20 Å². The van der Waals surface area contributed by atoms with Crippen molar-refractivity contribution in [3.8, 4) is 0 Å². The van der Waals surface area contributed by atoms with Crippen LogP contribution in [-0.4, -0.2) is 49.9 Å². The molecule has 0 saturated heterocycles. The minimum atomic E-state index is -4.32. The van der Waals surface area contributed by atoms with Crippen LogP contribution >= 0.6 is 0 Å². The number of aromatic amines is 1. The van der Waals surface area contributed by atoms with Crippen molar-refractivity contribution in [3.05, 3.63) is 35.5 Å². The van der Waals surface area contributed by atoms with Crippen LogP contribution in [0.2, 0.25) is 0 Å². The van der Waals surface area contributed by atoms with E-state index in [1.807, 2.05) is 10.7 Å². The number of nitrogens with zero attached hydrogens (tertiary/aromatic N) is 5. The lowest BCUT2D eigenvalue weighted by atomic mass is 10.0. The lowest BCUT2D eigenvalue weighted by Gasteiger charge is -2.29. The van der Waals surface area contributed by atoms with E-state index in [-0.39, 0.29) is 11.7 Å². The summed E-state index contributed by atoms with van der Waals surface area (Å²) in [4.78, 5) is 26.7. The Labute approximate surface area is 182 Å². The molecule has 1 saturated carbocycles. The van der Waals surface area contributed by atoms with Crippen molar-refractivity contribution in [2.75, 3.05) is 18.0 Å². The lowest BCUT2D eigenvalue weighted by Crippen LogP contribution is -2.34. The molecule has 1 aliphatic heterocycles. The lowest BCUT2D eigenvalue weighted by molar-refractivity contribution is -0.133. The standard InChI is InChI=1S/C21H24F3N7O/c22-21(23,24)7-9-26-20(32)17-15-11-30(19-14-5-8-25-18(14)27-12-28-19)10-6-16(15)31(29-17)13-3-1-2-4-13/h5,8,12-13H,1-4,6-7,9-11H2,(H,26,32)(H,25,27,28). The molecule has 4 heterocycles. The number of hydrogen-bond donors (Lipinski definition) is 2. The van der Waals surface area contributed by atoms with Gasteiger partial charge < -0.3 is 15.2 Å². The summed E-state index contributed by atoms with van der Waals surface area (Å²) in [7, 11) is 0. The van der Waals surface area contributed by atoms with Gasteiger partial charge in [0.2, 0.25) is 0 Å². The summed E-state index contributed by atoms with van der Waals surface area (Å²) in [6, 6.07) is 2.15. The zero-order chi connectivity index (χ0) is 22.3. The Morgan fingerprint density at radius 3 is 2.84 bits per heavy atom. The van der Waals surface area contributed by atoms with Crippen molar-refractivity contribution >= 4 is 22.8 Å². The highest BCUT2D eigenvalue weighted by Crippen LogP contribution is 2.35. The maximum Gasteiger partial charge on any atom is 0.390 e. The molecule has 0 bridgehead atoms. The van der Waals surface area contributed by atoms with E-state index in [4.69, 9.17) is 0 Å². The number of alkyl halides is 3. The van der Waals surface area contributed by atoms with E-state index >= 15 is 0 Å². The number of aromatic nitrogens is 5. The number of carbonyl (C=O) groups excluding carboxylic acids is 1. The largest absolute Gasteiger partial charge is 0.390 e. The fraction of sp³-hybridized carbons (Fsp3) is 0.524. The van der Waals surface area contributed by atoms with Gasteiger partial charge in [0.1, 0.15) is 17.8 Å². The van der Waals surface area contributed by atoms with Gasteiger partial charge in [-0.15, -0.1) is 0 Å². The third-order valence-electron chi connectivity index (χ3n) is 6.30. The van der Waals surface area contributed by atoms with Gasteiger partial charge in [-0.05, 0) is 18.9 Å². The molecule has 170 valence electrons. The molecule has 3 aromatic heterocycles. The molecule has 11 heteroatoms. The van der Waals surface area contributed by atoms with Crippen LogP contribution in [0.3, 0.4) is 0 Å². The first-order chi connectivity index (χ1) is 15.4. The Morgan fingerprint density at radius 2 is 2.06 bits per heavy atom. The van der Waals surface area contributed by atoms with Gasteiger partial charge >= 0.3 is 6.18 Å². The summed E-state index contributed by atoms with van der Waals surface area (Å²) < 4.78 is 39.6. The van der Waals surface area contributed by atoms with Gasteiger partial charge in [0.05, 0.1) is 17.8 Å². The number of halogens is 3. The van der Waals surface area contributed by atoms with E-state index in [9.17, 15) is 18.0 Å². The van der Waals surface area contributed by atoms with Gasteiger partial charge in [-0.25, -0.2) is 9.97 Å². The van der Waals surface area contributed by atoms with Crippen LogP contribution in [0.25, 0.3) is 11.0 Å². The number of amides is 1. The molecular weight excluding hydrogens is 423 g/mol. The molecule has 1 fully saturated rings. The maximum atomic E-state index is 12.8. The van der Waals surface area contributed by atoms with E-state index in [2.05, 4.69) is 30.3 Å². The Bertz CT molecular complexity index is 1130. The molecule has 0 atom stereocenters. The van der Waals surface area contributed by atoms with Gasteiger partial charge in [-0.3, -0.25) is 9.48 Å². The average molecular weight is 447 g/mol. The summed E-state index contributed by atoms with van der Waals surface area (Å²) in [5.74, 6) is 0.206. The summed E-state index contributed by atoms with van der Waals surface area (Å²) in [6.07, 6.45) is 2.84. The third-order valence-corrected chi connectivity index (χ3v) is 6.30. The predicted octanol–water partition coefficient (Wildman–Crippen LogP) is 3.51. The molecule has 0 radical (unpaired) electrons. The van der Waals surface area contributed by atoms with Crippen LogP contribution < -0.4 is 10.2 Å². The first-order valence-corrected chi connectivity index (χ1v) is 10.9. The summed E-state index contributed by atoms with van der Waals surface area (Å²) >= 11 is 0.